The van der Waals surface area contributed by atoms with E-state index in [0.717, 1.165) is 11.1 Å². The molecule has 0 aromatic heterocycles. The van der Waals surface area contributed by atoms with E-state index in [2.05, 4.69) is 0 Å². The maximum atomic E-state index is 5.37. The Morgan fingerprint density at radius 3 is 2.11 bits per heavy atom. The van der Waals surface area contributed by atoms with Crippen LogP contribution in [0.1, 0.15) is 18.1 Å². The molecule has 0 radical (unpaired) electrons. The molecule has 0 N–H and O–H groups in total. The lowest BCUT2D eigenvalue weighted by Crippen LogP contribution is -2.33. The first-order valence-corrected chi connectivity index (χ1v) is 5.78. The molecule has 0 heterocycles. The maximum Gasteiger partial charge on any atom is 0.311 e. The second kappa shape index (κ2) is 7.11. The van der Waals surface area contributed by atoms with Crippen molar-refractivity contribution >= 4 is 6.08 Å². The molecular formula is C15H20O3. The SMILES string of the molecule is CC=CC=Cc1ccccc1C(OC)(OC)OC. The van der Waals surface area contributed by atoms with Crippen LogP contribution in [0.15, 0.2) is 42.5 Å². The zero-order chi connectivity index (χ0) is 13.4. The highest BCUT2D eigenvalue weighted by Gasteiger charge is 2.33. The third kappa shape index (κ3) is 3.07. The molecule has 98 valence electrons. The summed E-state index contributed by atoms with van der Waals surface area (Å²) < 4.78 is 16.1. The highest BCUT2D eigenvalue weighted by Crippen LogP contribution is 2.30. The standard InChI is InChI=1S/C15H20O3/c1-5-6-7-10-13-11-8-9-12-14(13)15(16-2,17-3)18-4/h5-12H,1-4H3. The van der Waals surface area contributed by atoms with Gasteiger partial charge in [0, 0.05) is 26.9 Å². The van der Waals surface area contributed by atoms with Crippen molar-refractivity contribution in [3.63, 3.8) is 0 Å². The van der Waals surface area contributed by atoms with E-state index >= 15 is 0 Å². The van der Waals surface area contributed by atoms with Crippen molar-refractivity contribution in [2.75, 3.05) is 21.3 Å². The van der Waals surface area contributed by atoms with Crippen LogP contribution in [0.5, 0.6) is 0 Å². The molecule has 0 unspecified atom stereocenters. The fraction of sp³-hybridized carbons (Fsp3) is 0.333. The van der Waals surface area contributed by atoms with Gasteiger partial charge in [0.05, 0.1) is 0 Å². The van der Waals surface area contributed by atoms with Crippen molar-refractivity contribution in [3.05, 3.63) is 53.6 Å². The molecule has 1 aromatic carbocycles. The van der Waals surface area contributed by atoms with E-state index in [1.54, 1.807) is 21.3 Å². The number of rotatable bonds is 6. The lowest BCUT2D eigenvalue weighted by molar-refractivity contribution is -0.364. The number of methoxy groups -OCH3 is 3. The molecule has 0 aliphatic carbocycles. The second-order valence-electron chi connectivity index (χ2n) is 3.64. The molecule has 0 fully saturated rings. The molecule has 0 aliphatic heterocycles. The summed E-state index contributed by atoms with van der Waals surface area (Å²) in [5.41, 5.74) is 1.82. The maximum absolute atomic E-state index is 5.37. The van der Waals surface area contributed by atoms with Crippen molar-refractivity contribution < 1.29 is 14.2 Å². The highest BCUT2D eigenvalue weighted by molar-refractivity contribution is 5.56. The predicted octanol–water partition coefficient (Wildman–Crippen LogP) is 3.33. The van der Waals surface area contributed by atoms with Gasteiger partial charge in [-0.2, -0.15) is 0 Å². The van der Waals surface area contributed by atoms with E-state index in [1.165, 1.54) is 0 Å². The minimum absolute atomic E-state index is 0.832. The number of hydrogen-bond donors (Lipinski definition) is 0. The van der Waals surface area contributed by atoms with Gasteiger partial charge in [-0.1, -0.05) is 48.6 Å². The fourth-order valence-corrected chi connectivity index (χ4v) is 1.77. The molecule has 0 aliphatic rings. The third-order valence-corrected chi connectivity index (χ3v) is 2.68. The van der Waals surface area contributed by atoms with Crippen LogP contribution in [0.4, 0.5) is 0 Å². The third-order valence-electron chi connectivity index (χ3n) is 2.68. The Bertz CT molecular complexity index is 409. The average molecular weight is 248 g/mol. The first kappa shape index (κ1) is 14.6. The molecule has 18 heavy (non-hydrogen) atoms. The van der Waals surface area contributed by atoms with Gasteiger partial charge in [-0.3, -0.25) is 0 Å². The lowest BCUT2D eigenvalue weighted by atomic mass is 10.0. The first-order valence-electron chi connectivity index (χ1n) is 5.78. The Morgan fingerprint density at radius 1 is 0.944 bits per heavy atom. The van der Waals surface area contributed by atoms with E-state index in [9.17, 15) is 0 Å². The summed E-state index contributed by atoms with van der Waals surface area (Å²) in [5.74, 6) is -1.17. The highest BCUT2D eigenvalue weighted by atomic mass is 16.9. The number of allylic oxidation sites excluding steroid dienone is 3. The number of benzene rings is 1. The zero-order valence-corrected chi connectivity index (χ0v) is 11.3. The van der Waals surface area contributed by atoms with Crippen LogP contribution < -0.4 is 0 Å². The lowest BCUT2D eigenvalue weighted by Gasteiger charge is -2.30. The van der Waals surface area contributed by atoms with Gasteiger partial charge in [-0.15, -0.1) is 0 Å². The molecule has 1 aromatic rings. The summed E-state index contributed by atoms with van der Waals surface area (Å²) in [6.07, 6.45) is 7.88. The minimum atomic E-state index is -1.17. The average Bonchev–Trinajstić information content (AvgIpc) is 2.43. The summed E-state index contributed by atoms with van der Waals surface area (Å²) in [6, 6.07) is 7.80. The normalized spacial score (nSPS) is 12.7. The summed E-state index contributed by atoms with van der Waals surface area (Å²) in [5, 5.41) is 0. The quantitative estimate of drug-likeness (QED) is 0.571. The van der Waals surface area contributed by atoms with Crippen LogP contribution in [0, 0.1) is 0 Å². The Hall–Kier alpha value is -1.42. The molecule has 3 heteroatoms. The van der Waals surface area contributed by atoms with Crippen molar-refractivity contribution in [2.45, 2.75) is 12.9 Å². The van der Waals surface area contributed by atoms with E-state index < -0.39 is 5.97 Å². The van der Waals surface area contributed by atoms with E-state index in [1.807, 2.05) is 55.5 Å². The zero-order valence-electron chi connectivity index (χ0n) is 11.3. The number of hydrogen-bond acceptors (Lipinski definition) is 3. The topological polar surface area (TPSA) is 27.7 Å². The molecule has 0 spiro atoms. The second-order valence-corrected chi connectivity index (χ2v) is 3.64. The van der Waals surface area contributed by atoms with Crippen molar-refractivity contribution in [1.82, 2.24) is 0 Å². The Kier molecular flexibility index (Phi) is 5.78. The fourth-order valence-electron chi connectivity index (χ4n) is 1.77. The smallest absolute Gasteiger partial charge is 0.311 e. The summed E-state index contributed by atoms with van der Waals surface area (Å²) in [6.45, 7) is 1.97. The number of ether oxygens (including phenoxy) is 3. The minimum Gasteiger partial charge on any atom is -0.327 e. The van der Waals surface area contributed by atoms with Crippen LogP contribution in [0.2, 0.25) is 0 Å². The van der Waals surface area contributed by atoms with Crippen molar-refractivity contribution in [1.29, 1.82) is 0 Å². The van der Waals surface area contributed by atoms with Crippen LogP contribution in [-0.2, 0) is 20.2 Å². The monoisotopic (exact) mass is 248 g/mol. The molecule has 3 nitrogen and oxygen atoms in total. The Labute approximate surface area is 109 Å². The van der Waals surface area contributed by atoms with Crippen molar-refractivity contribution in [3.8, 4) is 0 Å². The van der Waals surface area contributed by atoms with E-state index in [4.69, 9.17) is 14.2 Å². The van der Waals surface area contributed by atoms with Gasteiger partial charge in [-0.25, -0.2) is 0 Å². The van der Waals surface area contributed by atoms with Crippen LogP contribution in [0.3, 0.4) is 0 Å². The molecule has 0 amide bonds. The molecule has 0 atom stereocenters. The first-order chi connectivity index (χ1) is 8.74. The van der Waals surface area contributed by atoms with E-state index in [0.29, 0.717) is 0 Å². The van der Waals surface area contributed by atoms with Gasteiger partial charge >= 0.3 is 5.97 Å². The van der Waals surface area contributed by atoms with Crippen molar-refractivity contribution in [2.24, 2.45) is 0 Å². The predicted molar refractivity (Wildman–Crippen MR) is 73.0 cm³/mol. The van der Waals surface area contributed by atoms with Gasteiger partial charge in [0.25, 0.3) is 0 Å². The van der Waals surface area contributed by atoms with E-state index in [-0.39, 0.29) is 0 Å². The molecular weight excluding hydrogens is 228 g/mol. The Balaban J connectivity index is 3.22. The largest absolute Gasteiger partial charge is 0.327 e. The molecule has 1 rings (SSSR count). The summed E-state index contributed by atoms with van der Waals surface area (Å²) in [4.78, 5) is 0. The van der Waals surface area contributed by atoms with Gasteiger partial charge in [-0.05, 0) is 12.5 Å². The van der Waals surface area contributed by atoms with Crippen LogP contribution in [0.25, 0.3) is 6.08 Å². The van der Waals surface area contributed by atoms with Crippen LogP contribution in [-0.4, -0.2) is 21.3 Å². The van der Waals surface area contributed by atoms with Gasteiger partial charge in [0.2, 0.25) is 0 Å². The molecule has 0 saturated heterocycles. The summed E-state index contributed by atoms with van der Waals surface area (Å²) in [7, 11) is 4.66. The van der Waals surface area contributed by atoms with Gasteiger partial charge < -0.3 is 14.2 Å². The van der Waals surface area contributed by atoms with Gasteiger partial charge in [0.15, 0.2) is 0 Å². The summed E-state index contributed by atoms with van der Waals surface area (Å²) >= 11 is 0. The Morgan fingerprint density at radius 2 is 1.56 bits per heavy atom. The van der Waals surface area contributed by atoms with Crippen LogP contribution >= 0.6 is 0 Å². The molecule has 0 saturated carbocycles. The molecule has 0 bridgehead atoms. The van der Waals surface area contributed by atoms with Gasteiger partial charge in [0.1, 0.15) is 0 Å².